The number of rotatable bonds is 7. The van der Waals surface area contributed by atoms with E-state index in [4.69, 9.17) is 0 Å². The zero-order valence-corrected chi connectivity index (χ0v) is 17.0. The largest absolute Gasteiger partial charge is 0.352 e. The maximum atomic E-state index is 12.3. The topological polar surface area (TPSA) is 108 Å². The minimum Gasteiger partial charge on any atom is -0.352 e. The van der Waals surface area contributed by atoms with Crippen molar-refractivity contribution < 1.29 is 14.4 Å². The molecule has 31 heavy (non-hydrogen) atoms. The molecule has 160 valence electrons. The van der Waals surface area contributed by atoms with Gasteiger partial charge >= 0.3 is 6.03 Å². The molecule has 0 bridgehead atoms. The summed E-state index contributed by atoms with van der Waals surface area (Å²) in [6.07, 6.45) is 7.53. The Hall–Kier alpha value is -3.88. The summed E-state index contributed by atoms with van der Waals surface area (Å²) in [6, 6.07) is 9.88. The highest BCUT2D eigenvalue weighted by Crippen LogP contribution is 2.13. The molecule has 3 N–H and O–H groups in total. The average molecular weight is 420 g/mol. The van der Waals surface area contributed by atoms with Crippen molar-refractivity contribution in [3.8, 4) is 0 Å². The predicted octanol–water partition coefficient (Wildman–Crippen LogP) is 2.72. The van der Waals surface area contributed by atoms with Crippen LogP contribution in [0.25, 0.3) is 5.65 Å². The van der Waals surface area contributed by atoms with Gasteiger partial charge in [-0.15, -0.1) is 0 Å². The van der Waals surface area contributed by atoms with Crippen molar-refractivity contribution in [2.24, 2.45) is 0 Å². The maximum absolute atomic E-state index is 12.3. The second kappa shape index (κ2) is 9.29. The number of urea groups is 1. The molecule has 2 aromatic heterocycles. The van der Waals surface area contributed by atoms with Gasteiger partial charge in [0, 0.05) is 55.9 Å². The first-order valence-electron chi connectivity index (χ1n) is 10.3. The normalized spacial score (nSPS) is 13.4. The van der Waals surface area contributed by atoms with Crippen LogP contribution in [0.1, 0.15) is 29.6 Å². The van der Waals surface area contributed by atoms with Crippen molar-refractivity contribution in [3.05, 3.63) is 60.6 Å². The number of benzene rings is 1. The molecular formula is C22H24N6O3. The van der Waals surface area contributed by atoms with Crippen molar-refractivity contribution in [1.82, 2.24) is 19.6 Å². The Morgan fingerprint density at radius 1 is 1.03 bits per heavy atom. The van der Waals surface area contributed by atoms with Crippen LogP contribution in [0.15, 0.2) is 55.0 Å². The number of amides is 4. The summed E-state index contributed by atoms with van der Waals surface area (Å²) in [4.78, 5) is 42.1. The number of nitrogens with one attached hydrogen (secondary N) is 3. The van der Waals surface area contributed by atoms with E-state index < -0.39 is 0 Å². The second-order valence-corrected chi connectivity index (χ2v) is 7.36. The number of imidazole rings is 1. The number of pyridine rings is 1. The first-order valence-corrected chi connectivity index (χ1v) is 10.3. The summed E-state index contributed by atoms with van der Waals surface area (Å²) < 4.78 is 1.81. The number of nitrogens with zero attached hydrogens (tertiary/aromatic N) is 3. The van der Waals surface area contributed by atoms with Crippen LogP contribution < -0.4 is 16.0 Å². The SMILES string of the molecule is O=C(Nc1ccc(C(=O)NCCCN2CCCC2=O)cc1)Nc1ccc2nccn2c1. The highest BCUT2D eigenvalue weighted by atomic mass is 16.2. The minimum absolute atomic E-state index is 0.183. The first-order chi connectivity index (χ1) is 15.1. The van der Waals surface area contributed by atoms with Crippen molar-refractivity contribution in [2.45, 2.75) is 19.3 Å². The fraction of sp³-hybridized carbons (Fsp3) is 0.273. The highest BCUT2D eigenvalue weighted by molar-refractivity contribution is 6.00. The highest BCUT2D eigenvalue weighted by Gasteiger charge is 2.19. The van der Waals surface area contributed by atoms with E-state index >= 15 is 0 Å². The van der Waals surface area contributed by atoms with Gasteiger partial charge in [0.2, 0.25) is 5.91 Å². The lowest BCUT2D eigenvalue weighted by Gasteiger charge is -2.15. The van der Waals surface area contributed by atoms with E-state index in [2.05, 4.69) is 20.9 Å². The van der Waals surface area contributed by atoms with Gasteiger partial charge < -0.3 is 25.3 Å². The Kier molecular flexibility index (Phi) is 6.11. The van der Waals surface area contributed by atoms with Crippen molar-refractivity contribution in [3.63, 3.8) is 0 Å². The lowest BCUT2D eigenvalue weighted by atomic mass is 10.2. The Labute approximate surface area is 179 Å². The fourth-order valence-electron chi connectivity index (χ4n) is 3.51. The summed E-state index contributed by atoms with van der Waals surface area (Å²) in [7, 11) is 0. The number of anilines is 2. The number of aromatic nitrogens is 2. The van der Waals surface area contributed by atoms with Crippen molar-refractivity contribution in [1.29, 1.82) is 0 Å². The molecule has 9 nitrogen and oxygen atoms in total. The molecule has 4 rings (SSSR count). The summed E-state index contributed by atoms with van der Waals surface area (Å²) in [6.45, 7) is 1.99. The van der Waals surface area contributed by atoms with Crippen LogP contribution >= 0.6 is 0 Å². The average Bonchev–Trinajstić information content (AvgIpc) is 3.39. The molecule has 3 aromatic rings. The summed E-state index contributed by atoms with van der Waals surface area (Å²) >= 11 is 0. The molecule has 3 heterocycles. The number of fused-ring (bicyclic) bond motifs is 1. The monoisotopic (exact) mass is 420 g/mol. The molecular weight excluding hydrogens is 396 g/mol. The molecule has 1 fully saturated rings. The quantitative estimate of drug-likeness (QED) is 0.511. The number of hydrogen-bond donors (Lipinski definition) is 3. The molecule has 0 aliphatic carbocycles. The van der Waals surface area contributed by atoms with E-state index in [1.165, 1.54) is 0 Å². The summed E-state index contributed by atoms with van der Waals surface area (Å²) in [5, 5.41) is 8.37. The molecule has 0 saturated carbocycles. The van der Waals surface area contributed by atoms with E-state index in [0.29, 0.717) is 36.4 Å². The Balaban J connectivity index is 1.22. The molecule has 4 amide bonds. The predicted molar refractivity (Wildman–Crippen MR) is 117 cm³/mol. The van der Waals surface area contributed by atoms with Crippen LogP contribution in [0.4, 0.5) is 16.2 Å². The van der Waals surface area contributed by atoms with E-state index in [-0.39, 0.29) is 17.8 Å². The summed E-state index contributed by atoms with van der Waals surface area (Å²) in [5.41, 5.74) is 2.51. The summed E-state index contributed by atoms with van der Waals surface area (Å²) in [5.74, 6) is 0.0121. The van der Waals surface area contributed by atoms with Gasteiger partial charge in [-0.25, -0.2) is 9.78 Å². The van der Waals surface area contributed by atoms with E-state index in [9.17, 15) is 14.4 Å². The third-order valence-corrected chi connectivity index (χ3v) is 5.11. The molecule has 0 atom stereocenters. The molecule has 1 aromatic carbocycles. The van der Waals surface area contributed by atoms with Gasteiger partial charge in [0.05, 0.1) is 5.69 Å². The number of carbonyl (C=O) groups is 3. The van der Waals surface area contributed by atoms with Crippen LogP contribution in [-0.4, -0.2) is 51.8 Å². The molecule has 9 heteroatoms. The molecule has 0 spiro atoms. The Morgan fingerprint density at radius 3 is 2.58 bits per heavy atom. The van der Waals surface area contributed by atoms with Gasteiger partial charge in [0.1, 0.15) is 5.65 Å². The number of hydrogen-bond acceptors (Lipinski definition) is 4. The van der Waals surface area contributed by atoms with Crippen molar-refractivity contribution in [2.75, 3.05) is 30.3 Å². The van der Waals surface area contributed by atoms with Crippen LogP contribution in [0.5, 0.6) is 0 Å². The van der Waals surface area contributed by atoms with Gasteiger partial charge in [-0.05, 0) is 49.2 Å². The molecule has 0 unspecified atom stereocenters. The van der Waals surface area contributed by atoms with Crippen LogP contribution in [0.2, 0.25) is 0 Å². The molecule has 0 radical (unpaired) electrons. The number of carbonyl (C=O) groups excluding carboxylic acids is 3. The lowest BCUT2D eigenvalue weighted by Crippen LogP contribution is -2.30. The van der Waals surface area contributed by atoms with E-state index in [1.807, 2.05) is 15.4 Å². The lowest BCUT2D eigenvalue weighted by molar-refractivity contribution is -0.127. The van der Waals surface area contributed by atoms with Crippen molar-refractivity contribution >= 4 is 34.9 Å². The fourth-order valence-corrected chi connectivity index (χ4v) is 3.51. The first kappa shape index (κ1) is 20.4. The maximum Gasteiger partial charge on any atom is 0.323 e. The third-order valence-electron chi connectivity index (χ3n) is 5.11. The smallest absolute Gasteiger partial charge is 0.323 e. The van der Waals surface area contributed by atoms with Gasteiger partial charge in [0.15, 0.2) is 0 Å². The molecule has 1 saturated heterocycles. The second-order valence-electron chi connectivity index (χ2n) is 7.36. The third kappa shape index (κ3) is 5.19. The Morgan fingerprint density at radius 2 is 1.81 bits per heavy atom. The Bertz CT molecular complexity index is 1090. The standard InChI is InChI=1S/C22H24N6O3/c29-20-3-1-12-27(20)13-2-10-24-21(30)16-4-6-17(7-5-16)25-22(31)26-18-8-9-19-23-11-14-28(19)15-18/h4-9,11,14-15H,1-3,10,12-13H2,(H,24,30)(H2,25,26,31). The van der Waals surface area contributed by atoms with Gasteiger partial charge in [-0.1, -0.05) is 0 Å². The van der Waals surface area contributed by atoms with E-state index in [1.54, 1.807) is 48.9 Å². The van der Waals surface area contributed by atoms with Gasteiger partial charge in [-0.3, -0.25) is 9.59 Å². The minimum atomic E-state index is -0.381. The van der Waals surface area contributed by atoms with E-state index in [0.717, 1.165) is 25.0 Å². The van der Waals surface area contributed by atoms with Gasteiger partial charge in [0.25, 0.3) is 5.91 Å². The molecule has 1 aliphatic rings. The van der Waals surface area contributed by atoms with Crippen LogP contribution in [-0.2, 0) is 4.79 Å². The zero-order chi connectivity index (χ0) is 21.6. The zero-order valence-electron chi connectivity index (χ0n) is 17.0. The van der Waals surface area contributed by atoms with Gasteiger partial charge in [-0.2, -0.15) is 0 Å². The molecule has 1 aliphatic heterocycles. The number of likely N-dealkylation sites (tertiary alicyclic amines) is 1. The van der Waals surface area contributed by atoms with Crippen LogP contribution in [0.3, 0.4) is 0 Å². The van der Waals surface area contributed by atoms with Crippen LogP contribution in [0, 0.1) is 0 Å².